The lowest BCUT2D eigenvalue weighted by molar-refractivity contribution is -0.122. The predicted molar refractivity (Wildman–Crippen MR) is 73.8 cm³/mol. The maximum atomic E-state index is 11.6. The molecule has 1 aromatic rings. The Balaban J connectivity index is 2.01. The van der Waals surface area contributed by atoms with Crippen molar-refractivity contribution >= 4 is 5.91 Å². The fraction of sp³-hybridized carbons (Fsp3) is 0.692. The van der Waals surface area contributed by atoms with Gasteiger partial charge in [0.25, 0.3) is 0 Å². The summed E-state index contributed by atoms with van der Waals surface area (Å²) in [5.41, 5.74) is 0. The molecular weight excluding hydrogens is 244 g/mol. The first-order chi connectivity index (χ1) is 9.22. The zero-order valence-electron chi connectivity index (χ0n) is 11.8. The van der Waals surface area contributed by atoms with E-state index in [4.69, 9.17) is 4.74 Å². The van der Waals surface area contributed by atoms with Crippen LogP contribution in [0.25, 0.3) is 0 Å². The topological polar surface area (TPSA) is 59.4 Å². The minimum Gasteiger partial charge on any atom is -0.385 e. The Kier molecular flexibility index (Phi) is 7.84. The molecule has 0 unspecified atom stereocenters. The molecule has 1 N–H and O–H groups in total. The van der Waals surface area contributed by atoms with Gasteiger partial charge in [0.1, 0.15) is 0 Å². The van der Waals surface area contributed by atoms with Crippen LogP contribution < -0.4 is 5.32 Å². The molecule has 0 aliphatic heterocycles. The van der Waals surface area contributed by atoms with Gasteiger partial charge in [0.2, 0.25) is 5.91 Å². The number of amides is 1. The number of hydrogen-bond donors (Lipinski definition) is 1. The molecule has 0 fully saturated rings. The number of nitrogens with zero attached hydrogens (tertiary/aromatic N) is 3. The number of hydrogen-bond acceptors (Lipinski definition) is 4. The maximum absolute atomic E-state index is 11.6. The molecule has 0 spiro atoms. The number of nitrogens with one attached hydrogen (secondary N) is 1. The van der Waals surface area contributed by atoms with Gasteiger partial charge in [0, 0.05) is 45.7 Å². The molecule has 0 aromatic carbocycles. The molecule has 0 aliphatic rings. The molecule has 0 aliphatic carbocycles. The maximum Gasteiger partial charge on any atom is 0.234 e. The first kappa shape index (κ1) is 15.7. The lowest BCUT2D eigenvalue weighted by atomic mass is 10.4. The van der Waals surface area contributed by atoms with E-state index in [1.165, 1.54) is 0 Å². The first-order valence-electron chi connectivity index (χ1n) is 6.64. The van der Waals surface area contributed by atoms with E-state index in [0.717, 1.165) is 32.5 Å². The molecule has 1 heterocycles. The van der Waals surface area contributed by atoms with E-state index in [1.54, 1.807) is 13.3 Å². The van der Waals surface area contributed by atoms with E-state index < -0.39 is 0 Å². The Labute approximate surface area is 114 Å². The van der Waals surface area contributed by atoms with Gasteiger partial charge in [-0.05, 0) is 26.0 Å². The Bertz CT molecular complexity index is 340. The van der Waals surface area contributed by atoms with Crippen molar-refractivity contribution in [1.29, 1.82) is 0 Å². The van der Waals surface area contributed by atoms with Crippen LogP contribution in [0.4, 0.5) is 0 Å². The van der Waals surface area contributed by atoms with Crippen molar-refractivity contribution in [3.8, 4) is 0 Å². The van der Waals surface area contributed by atoms with Gasteiger partial charge in [-0.15, -0.1) is 0 Å². The van der Waals surface area contributed by atoms with E-state index in [1.807, 2.05) is 28.9 Å². The Morgan fingerprint density at radius 1 is 1.47 bits per heavy atom. The standard InChI is InChI=1S/C13H24N4O2/c1-16(8-5-11-19-2)12-13(18)14-6-3-9-17-10-4-7-15-17/h4,7,10H,3,5-6,8-9,11-12H2,1-2H3,(H,14,18). The molecule has 1 amide bonds. The Morgan fingerprint density at radius 3 is 3.00 bits per heavy atom. The molecule has 0 saturated carbocycles. The van der Waals surface area contributed by atoms with Gasteiger partial charge >= 0.3 is 0 Å². The van der Waals surface area contributed by atoms with Gasteiger partial charge in [-0.25, -0.2) is 0 Å². The largest absolute Gasteiger partial charge is 0.385 e. The van der Waals surface area contributed by atoms with Crippen molar-refractivity contribution in [2.45, 2.75) is 19.4 Å². The van der Waals surface area contributed by atoms with Crippen LogP contribution in [0.3, 0.4) is 0 Å². The van der Waals surface area contributed by atoms with Crippen molar-refractivity contribution in [3.63, 3.8) is 0 Å². The van der Waals surface area contributed by atoms with Gasteiger partial charge in [0.05, 0.1) is 6.54 Å². The minimum absolute atomic E-state index is 0.0698. The molecule has 1 aromatic heterocycles. The van der Waals surface area contributed by atoms with Gasteiger partial charge < -0.3 is 10.1 Å². The lowest BCUT2D eigenvalue weighted by Gasteiger charge is -2.15. The van der Waals surface area contributed by atoms with E-state index in [2.05, 4.69) is 10.4 Å². The number of methoxy groups -OCH3 is 1. The van der Waals surface area contributed by atoms with Crippen LogP contribution in [0.1, 0.15) is 12.8 Å². The molecule has 108 valence electrons. The van der Waals surface area contributed by atoms with Gasteiger partial charge in [-0.1, -0.05) is 0 Å². The van der Waals surface area contributed by atoms with Crippen molar-refractivity contribution in [2.24, 2.45) is 0 Å². The predicted octanol–water partition coefficient (Wildman–Crippen LogP) is 0.358. The van der Waals surface area contributed by atoms with Gasteiger partial charge in [-0.2, -0.15) is 5.10 Å². The van der Waals surface area contributed by atoms with Crippen LogP contribution in [-0.2, 0) is 16.1 Å². The van der Waals surface area contributed by atoms with E-state index >= 15 is 0 Å². The first-order valence-corrected chi connectivity index (χ1v) is 6.64. The normalized spacial score (nSPS) is 10.9. The fourth-order valence-corrected chi connectivity index (χ4v) is 1.76. The average Bonchev–Trinajstić information content (AvgIpc) is 2.88. The number of rotatable bonds is 10. The SMILES string of the molecule is COCCCN(C)CC(=O)NCCCn1cccn1. The summed E-state index contributed by atoms with van der Waals surface area (Å²) in [4.78, 5) is 13.6. The molecule has 0 saturated heterocycles. The fourth-order valence-electron chi connectivity index (χ4n) is 1.76. The van der Waals surface area contributed by atoms with Crippen molar-refractivity contribution in [1.82, 2.24) is 20.0 Å². The van der Waals surface area contributed by atoms with E-state index in [-0.39, 0.29) is 5.91 Å². The third kappa shape index (κ3) is 7.58. The zero-order chi connectivity index (χ0) is 13.9. The van der Waals surface area contributed by atoms with Gasteiger partial charge in [-0.3, -0.25) is 14.4 Å². The molecule has 6 nitrogen and oxygen atoms in total. The highest BCUT2D eigenvalue weighted by atomic mass is 16.5. The van der Waals surface area contributed by atoms with Crippen LogP contribution in [0, 0.1) is 0 Å². The van der Waals surface area contributed by atoms with Gasteiger partial charge in [0.15, 0.2) is 0 Å². The molecule has 6 heteroatoms. The van der Waals surface area contributed by atoms with Crippen molar-refractivity contribution in [3.05, 3.63) is 18.5 Å². The minimum atomic E-state index is 0.0698. The smallest absolute Gasteiger partial charge is 0.234 e. The molecule has 0 radical (unpaired) electrons. The van der Waals surface area contributed by atoms with E-state index in [0.29, 0.717) is 13.1 Å². The third-order valence-electron chi connectivity index (χ3n) is 2.75. The highest BCUT2D eigenvalue weighted by molar-refractivity contribution is 5.77. The summed E-state index contributed by atoms with van der Waals surface area (Å²) in [5, 5.41) is 7.02. The van der Waals surface area contributed by atoms with Crippen LogP contribution >= 0.6 is 0 Å². The van der Waals surface area contributed by atoms with Crippen molar-refractivity contribution in [2.75, 3.05) is 40.4 Å². The highest BCUT2D eigenvalue weighted by Crippen LogP contribution is 1.90. The summed E-state index contributed by atoms with van der Waals surface area (Å²) in [5.74, 6) is 0.0698. The lowest BCUT2D eigenvalue weighted by Crippen LogP contribution is -2.36. The quantitative estimate of drug-likeness (QED) is 0.622. The van der Waals surface area contributed by atoms with Crippen LogP contribution in [0.5, 0.6) is 0 Å². The number of carbonyl (C=O) groups is 1. The zero-order valence-corrected chi connectivity index (χ0v) is 11.8. The molecular formula is C13H24N4O2. The summed E-state index contributed by atoms with van der Waals surface area (Å²) in [6.45, 7) is 3.55. The highest BCUT2D eigenvalue weighted by Gasteiger charge is 2.05. The number of aromatic nitrogens is 2. The molecule has 19 heavy (non-hydrogen) atoms. The average molecular weight is 268 g/mol. The number of carbonyl (C=O) groups excluding carboxylic acids is 1. The summed E-state index contributed by atoms with van der Waals surface area (Å²) in [6, 6.07) is 1.90. The summed E-state index contributed by atoms with van der Waals surface area (Å²) in [6.07, 6.45) is 5.51. The Morgan fingerprint density at radius 2 is 2.32 bits per heavy atom. The van der Waals surface area contributed by atoms with Crippen LogP contribution in [0.2, 0.25) is 0 Å². The number of likely N-dealkylation sites (N-methyl/N-ethyl adjacent to an activating group) is 1. The molecule has 0 atom stereocenters. The van der Waals surface area contributed by atoms with Crippen LogP contribution in [0.15, 0.2) is 18.5 Å². The second kappa shape index (κ2) is 9.52. The summed E-state index contributed by atoms with van der Waals surface area (Å²) < 4.78 is 6.84. The number of ether oxygens (including phenoxy) is 1. The van der Waals surface area contributed by atoms with Crippen LogP contribution in [-0.4, -0.2) is 61.0 Å². The third-order valence-corrected chi connectivity index (χ3v) is 2.75. The van der Waals surface area contributed by atoms with Crippen molar-refractivity contribution < 1.29 is 9.53 Å². The summed E-state index contributed by atoms with van der Waals surface area (Å²) in [7, 11) is 3.63. The summed E-state index contributed by atoms with van der Waals surface area (Å²) >= 11 is 0. The monoisotopic (exact) mass is 268 g/mol. The second-order valence-electron chi connectivity index (χ2n) is 4.56. The molecule has 0 bridgehead atoms. The Hall–Kier alpha value is -1.40. The van der Waals surface area contributed by atoms with E-state index in [9.17, 15) is 4.79 Å². The second-order valence-corrected chi connectivity index (χ2v) is 4.56. The molecule has 1 rings (SSSR count). The number of aryl methyl sites for hydroxylation is 1.